The zero-order chi connectivity index (χ0) is 8.04. The number of methoxy groups -OCH3 is 3. The summed E-state index contributed by atoms with van der Waals surface area (Å²) in [5.41, 5.74) is 0. The molecule has 0 unspecified atom stereocenters. The van der Waals surface area contributed by atoms with Crippen LogP contribution >= 0.6 is 0 Å². The average molecular weight is 165 g/mol. The van der Waals surface area contributed by atoms with E-state index in [0.29, 0.717) is 0 Å². The molecular weight excluding hydrogens is 152 g/mol. The Morgan fingerprint density at radius 2 is 1.70 bits per heavy atom. The standard InChI is InChI=1S/C5H13O4Si/c1-6-4-5(7-2,8-3)9-10/h4,10H2,1-3H3. The highest BCUT2D eigenvalue weighted by molar-refractivity contribution is 5.98. The molecule has 0 aliphatic carbocycles. The molecule has 0 saturated carbocycles. The van der Waals surface area contributed by atoms with Crippen LogP contribution in [0.15, 0.2) is 0 Å². The third kappa shape index (κ3) is 2.35. The fourth-order valence-corrected chi connectivity index (χ4v) is 0.857. The van der Waals surface area contributed by atoms with E-state index in [2.05, 4.69) is 0 Å². The van der Waals surface area contributed by atoms with Crippen molar-refractivity contribution in [2.45, 2.75) is 5.97 Å². The largest absolute Gasteiger partial charge is 0.376 e. The minimum atomic E-state index is -1.03. The Morgan fingerprint density at radius 1 is 1.20 bits per heavy atom. The molecule has 0 fully saturated rings. The van der Waals surface area contributed by atoms with Crippen molar-refractivity contribution in [2.75, 3.05) is 27.9 Å². The molecule has 0 aliphatic rings. The first-order valence-corrected chi connectivity index (χ1v) is 3.35. The van der Waals surface area contributed by atoms with Crippen LogP contribution in [0.25, 0.3) is 0 Å². The lowest BCUT2D eigenvalue weighted by Gasteiger charge is -2.27. The highest BCUT2D eigenvalue weighted by Gasteiger charge is 2.28. The number of hydrogen-bond donors (Lipinski definition) is 0. The van der Waals surface area contributed by atoms with Crippen LogP contribution in [-0.2, 0) is 18.6 Å². The van der Waals surface area contributed by atoms with Gasteiger partial charge in [-0.15, -0.1) is 0 Å². The van der Waals surface area contributed by atoms with Crippen molar-refractivity contribution in [3.8, 4) is 0 Å². The lowest BCUT2D eigenvalue weighted by Crippen LogP contribution is -2.41. The fraction of sp³-hybridized carbons (Fsp3) is 1.00. The molecule has 0 aliphatic heterocycles. The van der Waals surface area contributed by atoms with Crippen LogP contribution in [0.3, 0.4) is 0 Å². The Balaban J connectivity index is 3.87. The van der Waals surface area contributed by atoms with Crippen LogP contribution < -0.4 is 0 Å². The highest BCUT2D eigenvalue weighted by Crippen LogP contribution is 2.10. The third-order valence-electron chi connectivity index (χ3n) is 1.16. The zero-order valence-electron chi connectivity index (χ0n) is 6.55. The summed E-state index contributed by atoms with van der Waals surface area (Å²) in [7, 11) is 5.85. The van der Waals surface area contributed by atoms with Crippen molar-refractivity contribution in [3.63, 3.8) is 0 Å². The molecule has 0 atom stereocenters. The Morgan fingerprint density at radius 3 is 1.80 bits per heavy atom. The van der Waals surface area contributed by atoms with Gasteiger partial charge in [0.2, 0.25) is 0 Å². The van der Waals surface area contributed by atoms with Crippen LogP contribution in [0.4, 0.5) is 0 Å². The smallest absolute Gasteiger partial charge is 0.297 e. The predicted octanol–water partition coefficient (Wildman–Crippen LogP) is -0.856. The molecule has 0 bridgehead atoms. The van der Waals surface area contributed by atoms with Crippen LogP contribution in [0.1, 0.15) is 0 Å². The van der Waals surface area contributed by atoms with E-state index >= 15 is 0 Å². The molecule has 0 spiro atoms. The molecule has 0 aromatic rings. The molecular formula is C5H13O4Si. The molecule has 0 amide bonds. The predicted molar refractivity (Wildman–Crippen MR) is 38.3 cm³/mol. The van der Waals surface area contributed by atoms with Crippen LogP contribution in [0.5, 0.6) is 0 Å². The Hall–Kier alpha value is 0.0569. The molecule has 0 aromatic heterocycles. The summed E-state index contributed by atoms with van der Waals surface area (Å²) in [5, 5.41) is 0. The summed E-state index contributed by atoms with van der Waals surface area (Å²) >= 11 is 0. The van der Waals surface area contributed by atoms with Crippen molar-refractivity contribution in [1.29, 1.82) is 0 Å². The van der Waals surface area contributed by atoms with Gasteiger partial charge >= 0.3 is 0 Å². The molecule has 0 saturated heterocycles. The molecule has 0 heterocycles. The Bertz CT molecular complexity index is 75.5. The topological polar surface area (TPSA) is 36.9 Å². The summed E-state index contributed by atoms with van der Waals surface area (Å²) < 4.78 is 19.6. The maximum Gasteiger partial charge on any atom is 0.297 e. The number of hydrogen-bond acceptors (Lipinski definition) is 4. The van der Waals surface area contributed by atoms with Gasteiger partial charge in [-0.05, 0) is 0 Å². The first-order valence-electron chi connectivity index (χ1n) is 2.77. The molecule has 0 aromatic carbocycles. The first kappa shape index (κ1) is 10.1. The van der Waals surface area contributed by atoms with Crippen molar-refractivity contribution in [3.05, 3.63) is 0 Å². The van der Waals surface area contributed by atoms with Crippen LogP contribution in [0, 0.1) is 0 Å². The van der Waals surface area contributed by atoms with E-state index in [1.54, 1.807) is 7.11 Å². The van der Waals surface area contributed by atoms with Gasteiger partial charge in [0.25, 0.3) is 5.97 Å². The summed E-state index contributed by atoms with van der Waals surface area (Å²) in [6.45, 7) is 0.253. The second-order valence-corrected chi connectivity index (χ2v) is 1.96. The van der Waals surface area contributed by atoms with Crippen LogP contribution in [-0.4, -0.2) is 44.4 Å². The maximum atomic E-state index is 4.94. The zero-order valence-corrected chi connectivity index (χ0v) is 7.96. The summed E-state index contributed by atoms with van der Waals surface area (Å²) in [6, 6.07) is 0. The molecule has 4 nitrogen and oxygen atoms in total. The fourth-order valence-electron chi connectivity index (χ4n) is 0.537. The summed E-state index contributed by atoms with van der Waals surface area (Å²) in [5.74, 6) is -1.03. The lowest BCUT2D eigenvalue weighted by molar-refractivity contribution is -0.337. The van der Waals surface area contributed by atoms with E-state index in [-0.39, 0.29) is 6.61 Å². The maximum absolute atomic E-state index is 4.94. The summed E-state index contributed by atoms with van der Waals surface area (Å²) in [6.07, 6.45) is 0. The van der Waals surface area contributed by atoms with Gasteiger partial charge in [-0.3, -0.25) is 0 Å². The van der Waals surface area contributed by atoms with Gasteiger partial charge in [-0.25, -0.2) is 0 Å². The lowest BCUT2D eigenvalue weighted by atomic mass is 10.6. The van der Waals surface area contributed by atoms with Crippen molar-refractivity contribution < 1.29 is 18.6 Å². The van der Waals surface area contributed by atoms with Gasteiger partial charge in [0.15, 0.2) is 10.5 Å². The molecule has 61 valence electrons. The third-order valence-corrected chi connectivity index (χ3v) is 1.60. The quantitative estimate of drug-likeness (QED) is 0.392. The monoisotopic (exact) mass is 165 g/mol. The second-order valence-electron chi connectivity index (χ2n) is 1.67. The van der Waals surface area contributed by atoms with Crippen LogP contribution in [0.2, 0.25) is 0 Å². The molecule has 5 heteroatoms. The van der Waals surface area contributed by atoms with E-state index in [0.717, 1.165) is 0 Å². The van der Waals surface area contributed by atoms with Crippen molar-refractivity contribution in [1.82, 2.24) is 0 Å². The van der Waals surface area contributed by atoms with E-state index in [1.165, 1.54) is 24.7 Å². The van der Waals surface area contributed by atoms with E-state index in [1.807, 2.05) is 0 Å². The Labute approximate surface area is 63.9 Å². The highest BCUT2D eigenvalue weighted by atomic mass is 28.2. The average Bonchev–Trinajstić information content (AvgIpc) is 2.01. The van der Waals surface area contributed by atoms with Gasteiger partial charge in [0.05, 0.1) is 0 Å². The summed E-state index contributed by atoms with van der Waals surface area (Å²) in [4.78, 5) is 0. The van der Waals surface area contributed by atoms with Gasteiger partial charge < -0.3 is 18.6 Å². The second kappa shape index (κ2) is 4.81. The first-order chi connectivity index (χ1) is 4.74. The van der Waals surface area contributed by atoms with Gasteiger partial charge in [-0.1, -0.05) is 0 Å². The normalized spacial score (nSPS) is 12.0. The Kier molecular flexibility index (Phi) is 4.84. The van der Waals surface area contributed by atoms with E-state index in [4.69, 9.17) is 18.6 Å². The van der Waals surface area contributed by atoms with E-state index < -0.39 is 5.97 Å². The molecule has 0 rings (SSSR count). The van der Waals surface area contributed by atoms with Gasteiger partial charge in [0.1, 0.15) is 6.61 Å². The minimum absolute atomic E-state index is 0.253. The number of ether oxygens (including phenoxy) is 3. The SMILES string of the molecule is COCC(OC)(OC)O[SiH2]. The van der Waals surface area contributed by atoms with Crippen molar-refractivity contribution >= 4 is 10.5 Å². The van der Waals surface area contributed by atoms with Crippen molar-refractivity contribution in [2.24, 2.45) is 0 Å². The van der Waals surface area contributed by atoms with Gasteiger partial charge in [0, 0.05) is 21.3 Å². The van der Waals surface area contributed by atoms with E-state index in [9.17, 15) is 0 Å². The molecule has 10 heavy (non-hydrogen) atoms. The number of rotatable bonds is 5. The minimum Gasteiger partial charge on any atom is -0.376 e. The van der Waals surface area contributed by atoms with Gasteiger partial charge in [-0.2, -0.15) is 0 Å². The molecule has 0 N–H and O–H groups in total. The molecule has 1 radical (unpaired) electrons.